The fourth-order valence-electron chi connectivity index (χ4n) is 1.18. The number of rotatable bonds is 2. The van der Waals surface area contributed by atoms with E-state index in [9.17, 15) is 0 Å². The maximum absolute atomic E-state index is 4.42. The third kappa shape index (κ3) is 1.67. The predicted octanol–water partition coefficient (Wildman–Crippen LogP) is 3.74. The molecule has 0 unspecified atom stereocenters. The van der Waals surface area contributed by atoms with Gasteiger partial charge in [-0.1, -0.05) is 6.92 Å². The molecule has 2 aromatic heterocycles. The Morgan fingerprint density at radius 1 is 1.38 bits per heavy atom. The lowest BCUT2D eigenvalue weighted by molar-refractivity contribution is 1.17. The summed E-state index contributed by atoms with van der Waals surface area (Å²) < 4.78 is 0. The molecular formula is C10H11NS2. The van der Waals surface area contributed by atoms with Crippen LogP contribution in [0, 0.1) is 6.92 Å². The average Bonchev–Trinajstić information content (AvgIpc) is 2.71. The van der Waals surface area contributed by atoms with Crippen molar-refractivity contribution in [3.8, 4) is 10.6 Å². The highest BCUT2D eigenvalue weighted by atomic mass is 32.1. The lowest BCUT2D eigenvalue weighted by Gasteiger charge is -1.91. The molecule has 0 aromatic carbocycles. The largest absolute Gasteiger partial charge is 0.244 e. The Morgan fingerprint density at radius 2 is 2.23 bits per heavy atom. The zero-order chi connectivity index (χ0) is 9.26. The quantitative estimate of drug-likeness (QED) is 0.734. The first-order chi connectivity index (χ1) is 6.31. The highest BCUT2D eigenvalue weighted by Gasteiger charge is 2.06. The topological polar surface area (TPSA) is 12.9 Å². The third-order valence-corrected chi connectivity index (χ3v) is 4.02. The molecule has 0 radical (unpaired) electrons. The molecule has 0 atom stereocenters. The van der Waals surface area contributed by atoms with E-state index in [0.29, 0.717) is 0 Å². The zero-order valence-corrected chi connectivity index (χ0v) is 9.34. The highest BCUT2D eigenvalue weighted by molar-refractivity contribution is 7.15. The SMILES string of the molecule is CCc1cnc(-c2cscc2C)s1. The van der Waals surface area contributed by atoms with Crippen LogP contribution < -0.4 is 0 Å². The molecule has 0 amide bonds. The number of hydrogen-bond donors (Lipinski definition) is 0. The third-order valence-electron chi connectivity index (χ3n) is 1.99. The molecule has 0 bridgehead atoms. The zero-order valence-electron chi connectivity index (χ0n) is 7.70. The summed E-state index contributed by atoms with van der Waals surface area (Å²) in [5.74, 6) is 0. The average molecular weight is 209 g/mol. The van der Waals surface area contributed by atoms with Gasteiger partial charge in [0.05, 0.1) is 0 Å². The predicted molar refractivity (Wildman–Crippen MR) is 59.5 cm³/mol. The number of thiazole rings is 1. The fraction of sp³-hybridized carbons (Fsp3) is 0.300. The summed E-state index contributed by atoms with van der Waals surface area (Å²) in [6.07, 6.45) is 3.07. The van der Waals surface area contributed by atoms with Crippen LogP contribution in [-0.2, 0) is 6.42 Å². The van der Waals surface area contributed by atoms with Crippen LogP contribution in [0.3, 0.4) is 0 Å². The van der Waals surface area contributed by atoms with Crippen molar-refractivity contribution < 1.29 is 0 Å². The van der Waals surface area contributed by atoms with Gasteiger partial charge in [0.15, 0.2) is 0 Å². The molecule has 0 aliphatic carbocycles. The molecule has 3 heteroatoms. The van der Waals surface area contributed by atoms with Crippen LogP contribution in [0.5, 0.6) is 0 Å². The number of aryl methyl sites for hydroxylation is 2. The summed E-state index contributed by atoms with van der Waals surface area (Å²) in [5, 5.41) is 5.51. The normalized spacial score (nSPS) is 10.6. The molecule has 0 aliphatic rings. The summed E-state index contributed by atoms with van der Waals surface area (Å²) in [6.45, 7) is 4.30. The van der Waals surface area contributed by atoms with E-state index in [4.69, 9.17) is 0 Å². The Morgan fingerprint density at radius 3 is 2.77 bits per heavy atom. The van der Waals surface area contributed by atoms with Gasteiger partial charge in [0.25, 0.3) is 0 Å². The van der Waals surface area contributed by atoms with Crippen molar-refractivity contribution >= 4 is 22.7 Å². The van der Waals surface area contributed by atoms with E-state index in [2.05, 4.69) is 29.6 Å². The summed E-state index contributed by atoms with van der Waals surface area (Å²) >= 11 is 3.54. The fourth-order valence-corrected chi connectivity index (χ4v) is 3.02. The molecule has 0 aliphatic heterocycles. The van der Waals surface area contributed by atoms with E-state index in [-0.39, 0.29) is 0 Å². The summed E-state index contributed by atoms with van der Waals surface area (Å²) in [5.41, 5.74) is 2.64. The van der Waals surface area contributed by atoms with Gasteiger partial charge in [-0.05, 0) is 24.3 Å². The minimum atomic E-state index is 1.08. The van der Waals surface area contributed by atoms with E-state index >= 15 is 0 Å². The van der Waals surface area contributed by atoms with Gasteiger partial charge in [-0.3, -0.25) is 0 Å². The number of thiophene rings is 1. The molecule has 68 valence electrons. The Kier molecular flexibility index (Phi) is 2.47. The molecule has 0 spiro atoms. The van der Waals surface area contributed by atoms with Crippen molar-refractivity contribution in [1.82, 2.24) is 4.98 Å². The maximum atomic E-state index is 4.42. The first kappa shape index (κ1) is 8.91. The standard InChI is InChI=1S/C10H11NS2/c1-3-8-4-11-10(13-8)9-6-12-5-7(9)2/h4-6H,3H2,1-2H3. The Balaban J connectivity index is 2.41. The molecule has 1 nitrogen and oxygen atoms in total. The van der Waals surface area contributed by atoms with Crippen molar-refractivity contribution in [2.24, 2.45) is 0 Å². The molecule has 0 N–H and O–H groups in total. The number of nitrogens with zero attached hydrogens (tertiary/aromatic N) is 1. The van der Waals surface area contributed by atoms with Gasteiger partial charge >= 0.3 is 0 Å². The second-order valence-corrected chi connectivity index (χ2v) is 4.81. The molecule has 0 fully saturated rings. The summed E-state index contributed by atoms with van der Waals surface area (Å²) in [6, 6.07) is 0. The van der Waals surface area contributed by atoms with Crippen molar-refractivity contribution in [1.29, 1.82) is 0 Å². The van der Waals surface area contributed by atoms with Gasteiger partial charge in [0, 0.05) is 22.0 Å². The molecule has 2 heterocycles. The van der Waals surface area contributed by atoms with E-state index in [1.165, 1.54) is 16.0 Å². The summed E-state index contributed by atoms with van der Waals surface area (Å²) in [4.78, 5) is 5.78. The second-order valence-electron chi connectivity index (χ2n) is 2.95. The van der Waals surface area contributed by atoms with Gasteiger partial charge in [-0.2, -0.15) is 11.3 Å². The van der Waals surface area contributed by atoms with Crippen molar-refractivity contribution in [3.63, 3.8) is 0 Å². The molecular weight excluding hydrogens is 198 g/mol. The molecule has 13 heavy (non-hydrogen) atoms. The van der Waals surface area contributed by atoms with Crippen molar-refractivity contribution in [2.45, 2.75) is 20.3 Å². The van der Waals surface area contributed by atoms with E-state index in [0.717, 1.165) is 11.4 Å². The van der Waals surface area contributed by atoms with E-state index < -0.39 is 0 Å². The van der Waals surface area contributed by atoms with Crippen molar-refractivity contribution in [2.75, 3.05) is 0 Å². The van der Waals surface area contributed by atoms with Gasteiger partial charge in [0.1, 0.15) is 5.01 Å². The van der Waals surface area contributed by atoms with Crippen LogP contribution in [-0.4, -0.2) is 4.98 Å². The molecule has 2 rings (SSSR count). The monoisotopic (exact) mass is 209 g/mol. The first-order valence-electron chi connectivity index (χ1n) is 4.29. The number of aromatic nitrogens is 1. The minimum Gasteiger partial charge on any atom is -0.244 e. The number of hydrogen-bond acceptors (Lipinski definition) is 3. The van der Waals surface area contributed by atoms with Gasteiger partial charge < -0.3 is 0 Å². The smallest absolute Gasteiger partial charge is 0.124 e. The molecule has 2 aromatic rings. The van der Waals surface area contributed by atoms with Crippen LogP contribution in [0.25, 0.3) is 10.6 Å². The molecule has 0 saturated heterocycles. The molecule has 0 saturated carbocycles. The van der Waals surface area contributed by atoms with E-state index in [1.807, 2.05) is 6.20 Å². The summed E-state index contributed by atoms with van der Waals surface area (Å²) in [7, 11) is 0. The van der Waals surface area contributed by atoms with Gasteiger partial charge in [-0.15, -0.1) is 11.3 Å². The van der Waals surface area contributed by atoms with Gasteiger partial charge in [-0.25, -0.2) is 4.98 Å². The Labute approximate surface area is 86.1 Å². The van der Waals surface area contributed by atoms with Crippen molar-refractivity contribution in [3.05, 3.63) is 27.4 Å². The van der Waals surface area contributed by atoms with Crippen LogP contribution in [0.1, 0.15) is 17.4 Å². The van der Waals surface area contributed by atoms with Gasteiger partial charge in [0.2, 0.25) is 0 Å². The second kappa shape index (κ2) is 3.60. The Hall–Kier alpha value is -0.670. The first-order valence-corrected chi connectivity index (χ1v) is 6.05. The lowest BCUT2D eigenvalue weighted by atomic mass is 10.2. The highest BCUT2D eigenvalue weighted by Crippen LogP contribution is 2.30. The van der Waals surface area contributed by atoms with Crippen LogP contribution in [0.4, 0.5) is 0 Å². The van der Waals surface area contributed by atoms with Crippen LogP contribution in [0.2, 0.25) is 0 Å². The minimum absolute atomic E-state index is 1.08. The van der Waals surface area contributed by atoms with E-state index in [1.54, 1.807) is 22.7 Å². The lowest BCUT2D eigenvalue weighted by Crippen LogP contribution is -1.72. The van der Waals surface area contributed by atoms with Crippen LogP contribution in [0.15, 0.2) is 17.0 Å². The van der Waals surface area contributed by atoms with Crippen LogP contribution >= 0.6 is 22.7 Å². The maximum Gasteiger partial charge on any atom is 0.124 e. The Bertz CT molecular complexity index is 400.